The van der Waals surface area contributed by atoms with Crippen molar-refractivity contribution in [2.45, 2.75) is 38.7 Å². The summed E-state index contributed by atoms with van der Waals surface area (Å²) >= 11 is 0. The fraction of sp³-hybridized carbons (Fsp3) is 0.261. The molecule has 0 spiro atoms. The Morgan fingerprint density at radius 1 is 1.16 bits per heavy atom. The molecule has 0 aliphatic heterocycles. The molecule has 1 unspecified atom stereocenters. The van der Waals surface area contributed by atoms with Crippen LogP contribution in [0, 0.1) is 11.8 Å². The number of rotatable bonds is 7. The van der Waals surface area contributed by atoms with E-state index in [4.69, 9.17) is 4.74 Å². The van der Waals surface area contributed by atoms with Gasteiger partial charge in [0.2, 0.25) is 0 Å². The number of benzene rings is 2. The van der Waals surface area contributed by atoms with Crippen LogP contribution < -0.4 is 0 Å². The number of carbonyl (C=O) groups excluding carboxylic acids is 1. The third-order valence-corrected chi connectivity index (χ3v) is 3.83. The van der Waals surface area contributed by atoms with Crippen LogP contribution in [0.25, 0.3) is 0 Å². The van der Waals surface area contributed by atoms with Crippen molar-refractivity contribution in [1.82, 2.24) is 0 Å². The normalized spacial score (nSPS) is 11.1. The minimum absolute atomic E-state index is 0.360. The predicted molar refractivity (Wildman–Crippen MR) is 102 cm³/mol. The molecule has 25 heavy (non-hydrogen) atoms. The van der Waals surface area contributed by atoms with Crippen LogP contribution in [0.5, 0.6) is 0 Å². The average molecular weight is 332 g/mol. The van der Waals surface area contributed by atoms with Gasteiger partial charge in [-0.2, -0.15) is 0 Å². The Hall–Kier alpha value is -2.79. The fourth-order valence-corrected chi connectivity index (χ4v) is 2.41. The average Bonchev–Trinajstić information content (AvgIpc) is 2.65. The number of carbonyl (C=O) groups is 1. The molecule has 0 aliphatic rings. The summed E-state index contributed by atoms with van der Waals surface area (Å²) in [6.07, 6.45) is 4.93. The van der Waals surface area contributed by atoms with E-state index >= 15 is 0 Å². The topological polar surface area (TPSA) is 26.3 Å². The molecule has 0 N–H and O–H groups in total. The number of esters is 1. The van der Waals surface area contributed by atoms with Crippen molar-refractivity contribution in [3.05, 3.63) is 83.9 Å². The number of ether oxygens (including phenoxy) is 1. The van der Waals surface area contributed by atoms with Crippen LogP contribution in [0.1, 0.15) is 47.7 Å². The summed E-state index contributed by atoms with van der Waals surface area (Å²) in [4.78, 5) is 12.6. The van der Waals surface area contributed by atoms with Gasteiger partial charge in [-0.3, -0.25) is 0 Å². The number of hydrogen-bond acceptors (Lipinski definition) is 2. The Balaban J connectivity index is 2.08. The highest BCUT2D eigenvalue weighted by Crippen LogP contribution is 2.13. The van der Waals surface area contributed by atoms with Crippen molar-refractivity contribution >= 4 is 5.97 Å². The predicted octanol–water partition coefficient (Wildman–Crippen LogP) is 5.18. The van der Waals surface area contributed by atoms with Crippen LogP contribution in [0.3, 0.4) is 0 Å². The second kappa shape index (κ2) is 10.2. The molecular weight excluding hydrogens is 308 g/mol. The zero-order chi connectivity index (χ0) is 17.9. The van der Waals surface area contributed by atoms with Crippen LogP contribution in [-0.4, -0.2) is 12.1 Å². The second-order valence-electron chi connectivity index (χ2n) is 5.82. The Labute approximate surface area is 150 Å². The van der Waals surface area contributed by atoms with Crippen molar-refractivity contribution in [2.75, 3.05) is 0 Å². The van der Waals surface area contributed by atoms with Gasteiger partial charge < -0.3 is 4.74 Å². The fourth-order valence-electron chi connectivity index (χ4n) is 2.41. The van der Waals surface area contributed by atoms with E-state index in [1.807, 2.05) is 48.5 Å². The summed E-state index contributed by atoms with van der Waals surface area (Å²) in [6, 6.07) is 17.3. The van der Waals surface area contributed by atoms with Gasteiger partial charge >= 0.3 is 5.97 Å². The zero-order valence-electron chi connectivity index (χ0n) is 14.7. The van der Waals surface area contributed by atoms with Gasteiger partial charge in [-0.05, 0) is 24.1 Å². The van der Waals surface area contributed by atoms with E-state index in [0.29, 0.717) is 17.5 Å². The maximum Gasteiger partial charge on any atom is 0.340 e. The highest BCUT2D eigenvalue weighted by Gasteiger charge is 2.16. The summed E-state index contributed by atoms with van der Waals surface area (Å²) in [5.41, 5.74) is 2.32. The summed E-state index contributed by atoms with van der Waals surface area (Å²) in [5, 5.41) is 0. The third-order valence-electron chi connectivity index (χ3n) is 3.83. The van der Waals surface area contributed by atoms with Crippen molar-refractivity contribution in [3.8, 4) is 11.8 Å². The van der Waals surface area contributed by atoms with Gasteiger partial charge in [-0.1, -0.05) is 80.3 Å². The van der Waals surface area contributed by atoms with Gasteiger partial charge in [0, 0.05) is 18.4 Å². The van der Waals surface area contributed by atoms with E-state index < -0.39 is 0 Å². The Morgan fingerprint density at radius 2 is 1.88 bits per heavy atom. The summed E-state index contributed by atoms with van der Waals surface area (Å²) in [7, 11) is 0. The Bertz CT molecular complexity index is 750. The van der Waals surface area contributed by atoms with Gasteiger partial charge in [-0.15, -0.1) is 0 Å². The molecule has 0 saturated heterocycles. The summed E-state index contributed by atoms with van der Waals surface area (Å²) in [6.45, 7) is 5.93. The summed E-state index contributed by atoms with van der Waals surface area (Å²) < 4.78 is 5.63. The molecule has 2 nitrogen and oxygen atoms in total. The van der Waals surface area contributed by atoms with E-state index in [9.17, 15) is 4.79 Å². The first-order chi connectivity index (χ1) is 12.2. The molecule has 2 aromatic rings. The Morgan fingerprint density at radius 3 is 2.60 bits per heavy atom. The lowest BCUT2D eigenvalue weighted by atomic mass is 10.1. The van der Waals surface area contributed by atoms with Crippen molar-refractivity contribution in [2.24, 2.45) is 0 Å². The second-order valence-corrected chi connectivity index (χ2v) is 5.82. The van der Waals surface area contributed by atoms with Crippen LogP contribution in [0.2, 0.25) is 0 Å². The molecule has 0 amide bonds. The first kappa shape index (κ1) is 18.5. The quantitative estimate of drug-likeness (QED) is 0.302. The number of hydrogen-bond donors (Lipinski definition) is 0. The molecule has 1 atom stereocenters. The standard InChI is InChI=1S/C23H24O2/c1-3-5-6-10-15-20-16-11-12-17-22(20)23(24)25-21(4-2)18-19-13-8-7-9-14-19/h4,7-9,11-14,16-17,21H,2-3,5-6,18H2,1H3. The molecule has 2 aromatic carbocycles. The lowest BCUT2D eigenvalue weighted by Gasteiger charge is -2.15. The van der Waals surface area contributed by atoms with Gasteiger partial charge in [-0.25, -0.2) is 4.79 Å². The van der Waals surface area contributed by atoms with Gasteiger partial charge in [0.25, 0.3) is 0 Å². The molecule has 0 radical (unpaired) electrons. The molecule has 0 bridgehead atoms. The van der Waals surface area contributed by atoms with Crippen molar-refractivity contribution < 1.29 is 9.53 Å². The minimum atomic E-state index is -0.365. The molecule has 2 rings (SSSR count). The summed E-state index contributed by atoms with van der Waals surface area (Å²) in [5.74, 6) is 5.86. The molecular formula is C23H24O2. The van der Waals surface area contributed by atoms with E-state index in [2.05, 4.69) is 25.3 Å². The van der Waals surface area contributed by atoms with E-state index in [1.165, 1.54) is 0 Å². The van der Waals surface area contributed by atoms with Gasteiger partial charge in [0.15, 0.2) is 0 Å². The largest absolute Gasteiger partial charge is 0.454 e. The maximum absolute atomic E-state index is 12.6. The molecule has 0 saturated carbocycles. The van der Waals surface area contributed by atoms with E-state index in [-0.39, 0.29) is 12.1 Å². The molecule has 128 valence electrons. The number of unbranched alkanes of at least 4 members (excludes halogenated alkanes) is 2. The molecule has 0 aromatic heterocycles. The van der Waals surface area contributed by atoms with E-state index in [0.717, 1.165) is 24.8 Å². The van der Waals surface area contributed by atoms with Gasteiger partial charge in [0.05, 0.1) is 5.56 Å². The first-order valence-electron chi connectivity index (χ1n) is 8.70. The van der Waals surface area contributed by atoms with Crippen LogP contribution >= 0.6 is 0 Å². The maximum atomic E-state index is 12.6. The SMILES string of the molecule is C=CC(Cc1ccccc1)OC(=O)c1ccccc1C#CCCCC. The third kappa shape index (κ3) is 5.97. The molecule has 0 heterocycles. The van der Waals surface area contributed by atoms with Gasteiger partial charge in [0.1, 0.15) is 6.10 Å². The van der Waals surface area contributed by atoms with Crippen molar-refractivity contribution in [3.63, 3.8) is 0 Å². The van der Waals surface area contributed by atoms with Crippen molar-refractivity contribution in [1.29, 1.82) is 0 Å². The zero-order valence-corrected chi connectivity index (χ0v) is 14.7. The monoisotopic (exact) mass is 332 g/mol. The first-order valence-corrected chi connectivity index (χ1v) is 8.70. The molecule has 0 fully saturated rings. The highest BCUT2D eigenvalue weighted by molar-refractivity contribution is 5.92. The van der Waals surface area contributed by atoms with Crippen LogP contribution in [0.15, 0.2) is 67.3 Å². The van der Waals surface area contributed by atoms with Crippen LogP contribution in [-0.2, 0) is 11.2 Å². The highest BCUT2D eigenvalue weighted by atomic mass is 16.5. The van der Waals surface area contributed by atoms with Crippen LogP contribution in [0.4, 0.5) is 0 Å². The lowest BCUT2D eigenvalue weighted by Crippen LogP contribution is -2.19. The van der Waals surface area contributed by atoms with E-state index in [1.54, 1.807) is 12.1 Å². The molecule has 0 aliphatic carbocycles. The smallest absolute Gasteiger partial charge is 0.340 e. The Kier molecular flexibility index (Phi) is 7.53. The molecule has 2 heteroatoms. The lowest BCUT2D eigenvalue weighted by molar-refractivity contribution is 0.0396. The minimum Gasteiger partial charge on any atom is -0.454 e.